The van der Waals surface area contributed by atoms with Crippen molar-refractivity contribution >= 4 is 23.4 Å². The zero-order valence-electron chi connectivity index (χ0n) is 13.9. The van der Waals surface area contributed by atoms with E-state index in [2.05, 4.69) is 24.9 Å². The second-order valence-corrected chi connectivity index (χ2v) is 6.43. The van der Waals surface area contributed by atoms with Gasteiger partial charge in [0.25, 0.3) is 0 Å². The Morgan fingerprint density at radius 3 is 2.28 bits per heavy atom. The maximum atomic E-state index is 5.85. The molecule has 25 heavy (non-hydrogen) atoms. The lowest BCUT2D eigenvalue weighted by Crippen LogP contribution is -2.47. The van der Waals surface area contributed by atoms with Crippen LogP contribution in [0.3, 0.4) is 0 Å². The second kappa shape index (κ2) is 6.68. The molecule has 0 aliphatic carbocycles. The van der Waals surface area contributed by atoms with Gasteiger partial charge in [-0.05, 0) is 24.6 Å². The van der Waals surface area contributed by atoms with Crippen molar-refractivity contribution in [2.45, 2.75) is 6.92 Å². The summed E-state index contributed by atoms with van der Waals surface area (Å²) < 4.78 is 1.80. The molecular formula is C17H18ClN7. The van der Waals surface area contributed by atoms with E-state index in [9.17, 15) is 0 Å². The molecule has 0 aromatic carbocycles. The van der Waals surface area contributed by atoms with E-state index in [0.717, 1.165) is 49.3 Å². The lowest BCUT2D eigenvalue weighted by Gasteiger charge is -2.35. The van der Waals surface area contributed by atoms with Crippen LogP contribution < -0.4 is 9.80 Å². The summed E-state index contributed by atoms with van der Waals surface area (Å²) in [7, 11) is 0. The van der Waals surface area contributed by atoms with Crippen LogP contribution in [-0.2, 0) is 0 Å². The van der Waals surface area contributed by atoms with Crippen molar-refractivity contribution in [1.29, 1.82) is 0 Å². The Morgan fingerprint density at radius 1 is 0.920 bits per heavy atom. The Kier molecular flexibility index (Phi) is 4.23. The Bertz CT molecular complexity index is 853. The van der Waals surface area contributed by atoms with Crippen molar-refractivity contribution in [2.24, 2.45) is 0 Å². The smallest absolute Gasteiger partial charge is 0.225 e. The standard InChI is InChI=1S/C17H18ClN7/c1-13-9-21-25(12-13)16-4-2-3-15(22-16)23-5-7-24(8-6-23)17-19-10-14(18)11-20-17/h2-4,9-12H,5-8H2,1H3. The molecule has 1 fully saturated rings. The molecule has 1 aliphatic heterocycles. The minimum absolute atomic E-state index is 0.553. The summed E-state index contributed by atoms with van der Waals surface area (Å²) >= 11 is 5.85. The predicted molar refractivity (Wildman–Crippen MR) is 97.6 cm³/mol. The highest BCUT2D eigenvalue weighted by atomic mass is 35.5. The third-order valence-corrected chi connectivity index (χ3v) is 4.35. The van der Waals surface area contributed by atoms with E-state index in [1.165, 1.54) is 0 Å². The molecule has 0 spiro atoms. The third kappa shape index (κ3) is 3.41. The van der Waals surface area contributed by atoms with Gasteiger partial charge in [-0.25, -0.2) is 19.6 Å². The summed E-state index contributed by atoms with van der Waals surface area (Å²) in [5, 5.41) is 4.88. The third-order valence-electron chi connectivity index (χ3n) is 4.16. The minimum Gasteiger partial charge on any atom is -0.353 e. The SMILES string of the molecule is Cc1cnn(-c2cccc(N3CCN(c4ncc(Cl)cn4)CC3)n2)c1. The quantitative estimate of drug-likeness (QED) is 0.718. The predicted octanol–water partition coefficient (Wildman–Crippen LogP) is 2.35. The number of rotatable bonds is 3. The Balaban J connectivity index is 1.46. The van der Waals surface area contributed by atoms with Gasteiger partial charge >= 0.3 is 0 Å². The van der Waals surface area contributed by atoms with Crippen molar-refractivity contribution in [3.63, 3.8) is 0 Å². The van der Waals surface area contributed by atoms with Crippen LogP contribution in [0.15, 0.2) is 43.0 Å². The topological polar surface area (TPSA) is 63.0 Å². The van der Waals surface area contributed by atoms with Gasteiger partial charge in [-0.3, -0.25) is 0 Å². The molecule has 0 N–H and O–H groups in total. The molecular weight excluding hydrogens is 338 g/mol. The fourth-order valence-corrected chi connectivity index (χ4v) is 2.96. The molecule has 0 unspecified atom stereocenters. The Morgan fingerprint density at radius 2 is 1.60 bits per heavy atom. The van der Waals surface area contributed by atoms with Crippen molar-refractivity contribution in [3.05, 3.63) is 53.6 Å². The molecule has 0 amide bonds. The van der Waals surface area contributed by atoms with E-state index in [0.29, 0.717) is 5.02 Å². The van der Waals surface area contributed by atoms with Gasteiger partial charge < -0.3 is 9.80 Å². The first-order valence-electron chi connectivity index (χ1n) is 8.15. The Hall–Kier alpha value is -2.67. The lowest BCUT2D eigenvalue weighted by atomic mass is 10.3. The van der Waals surface area contributed by atoms with E-state index in [1.54, 1.807) is 17.1 Å². The molecule has 0 bridgehead atoms. The number of anilines is 2. The van der Waals surface area contributed by atoms with Gasteiger partial charge in [0.1, 0.15) is 5.82 Å². The van der Waals surface area contributed by atoms with Crippen LogP contribution >= 0.6 is 11.6 Å². The van der Waals surface area contributed by atoms with Crippen LogP contribution in [0.4, 0.5) is 11.8 Å². The summed E-state index contributed by atoms with van der Waals surface area (Å²) in [5.41, 5.74) is 1.11. The molecule has 1 aliphatic rings. The average Bonchev–Trinajstić information content (AvgIpc) is 3.09. The van der Waals surface area contributed by atoms with Crippen molar-refractivity contribution < 1.29 is 0 Å². The van der Waals surface area contributed by atoms with E-state index in [1.807, 2.05) is 37.5 Å². The number of hydrogen-bond donors (Lipinski definition) is 0. The fourth-order valence-electron chi connectivity index (χ4n) is 2.86. The van der Waals surface area contributed by atoms with Gasteiger partial charge in [-0.2, -0.15) is 5.10 Å². The van der Waals surface area contributed by atoms with Gasteiger partial charge in [0.05, 0.1) is 23.6 Å². The highest BCUT2D eigenvalue weighted by Gasteiger charge is 2.20. The summed E-state index contributed by atoms with van der Waals surface area (Å²) in [5.74, 6) is 2.51. The molecule has 8 heteroatoms. The molecule has 0 radical (unpaired) electrons. The first kappa shape index (κ1) is 15.8. The van der Waals surface area contributed by atoms with Crippen LogP contribution in [-0.4, -0.2) is 50.9 Å². The number of aryl methyl sites for hydroxylation is 1. The zero-order valence-corrected chi connectivity index (χ0v) is 14.6. The van der Waals surface area contributed by atoms with E-state index >= 15 is 0 Å². The molecule has 3 aromatic rings. The first-order valence-corrected chi connectivity index (χ1v) is 8.53. The Labute approximate surface area is 150 Å². The summed E-state index contributed by atoms with van der Waals surface area (Å²) in [4.78, 5) is 17.8. The average molecular weight is 356 g/mol. The first-order chi connectivity index (χ1) is 12.2. The molecule has 7 nitrogen and oxygen atoms in total. The molecule has 0 saturated carbocycles. The summed E-state index contributed by atoms with van der Waals surface area (Å²) in [6.07, 6.45) is 7.07. The van der Waals surface area contributed by atoms with Gasteiger partial charge in [0.15, 0.2) is 5.82 Å². The normalized spacial score (nSPS) is 14.8. The van der Waals surface area contributed by atoms with Crippen LogP contribution in [0, 0.1) is 6.92 Å². The number of halogens is 1. The van der Waals surface area contributed by atoms with E-state index in [4.69, 9.17) is 16.6 Å². The monoisotopic (exact) mass is 355 g/mol. The largest absolute Gasteiger partial charge is 0.353 e. The van der Waals surface area contributed by atoms with Gasteiger partial charge in [0.2, 0.25) is 5.95 Å². The summed E-state index contributed by atoms with van der Waals surface area (Å²) in [6, 6.07) is 6.02. The molecule has 3 aromatic heterocycles. The number of hydrogen-bond acceptors (Lipinski definition) is 6. The number of nitrogens with zero attached hydrogens (tertiary/aromatic N) is 7. The zero-order chi connectivity index (χ0) is 17.2. The fraction of sp³-hybridized carbons (Fsp3) is 0.294. The van der Waals surface area contributed by atoms with Crippen LogP contribution in [0.1, 0.15) is 5.56 Å². The maximum absolute atomic E-state index is 5.85. The van der Waals surface area contributed by atoms with Crippen LogP contribution in [0.5, 0.6) is 0 Å². The lowest BCUT2D eigenvalue weighted by molar-refractivity contribution is 0.633. The summed E-state index contributed by atoms with van der Waals surface area (Å²) in [6.45, 7) is 5.43. The van der Waals surface area contributed by atoms with Crippen LogP contribution in [0.2, 0.25) is 5.02 Å². The molecule has 0 atom stereocenters. The van der Waals surface area contributed by atoms with E-state index < -0.39 is 0 Å². The number of piperazine rings is 1. The second-order valence-electron chi connectivity index (χ2n) is 5.99. The van der Waals surface area contributed by atoms with Crippen molar-refractivity contribution in [2.75, 3.05) is 36.0 Å². The molecule has 4 rings (SSSR count). The van der Waals surface area contributed by atoms with Gasteiger partial charge in [-0.1, -0.05) is 17.7 Å². The molecule has 1 saturated heterocycles. The highest BCUT2D eigenvalue weighted by molar-refractivity contribution is 6.30. The van der Waals surface area contributed by atoms with E-state index in [-0.39, 0.29) is 0 Å². The molecule has 4 heterocycles. The van der Waals surface area contributed by atoms with Gasteiger partial charge in [0, 0.05) is 32.4 Å². The van der Waals surface area contributed by atoms with Gasteiger partial charge in [-0.15, -0.1) is 0 Å². The van der Waals surface area contributed by atoms with Crippen LogP contribution in [0.25, 0.3) is 5.82 Å². The van der Waals surface area contributed by atoms with Crippen molar-refractivity contribution in [1.82, 2.24) is 24.7 Å². The maximum Gasteiger partial charge on any atom is 0.225 e. The van der Waals surface area contributed by atoms with Crippen molar-refractivity contribution in [3.8, 4) is 5.82 Å². The number of aromatic nitrogens is 5. The minimum atomic E-state index is 0.553. The molecule has 128 valence electrons. The number of pyridine rings is 1. The highest BCUT2D eigenvalue weighted by Crippen LogP contribution is 2.18.